The van der Waals surface area contributed by atoms with Crippen LogP contribution in [0.3, 0.4) is 0 Å². The maximum absolute atomic E-state index is 4.47. The monoisotopic (exact) mass is 394 g/mol. The van der Waals surface area contributed by atoms with Gasteiger partial charge in [-0.3, -0.25) is 9.58 Å². The average molecular weight is 395 g/mol. The fourth-order valence-corrected chi connectivity index (χ4v) is 4.09. The minimum absolute atomic E-state index is 0.623. The molecule has 3 heterocycles. The Bertz CT molecular complexity index is 936. The molecule has 0 radical (unpaired) electrons. The van der Waals surface area contributed by atoms with E-state index in [1.54, 1.807) is 0 Å². The largest absolute Gasteiger partial charge is 0.368 e. The van der Waals surface area contributed by atoms with Crippen molar-refractivity contribution in [1.82, 2.24) is 35.3 Å². The lowest BCUT2D eigenvalue weighted by Gasteiger charge is -2.37. The highest BCUT2D eigenvalue weighted by molar-refractivity contribution is 5.75. The Labute approximate surface area is 171 Å². The van der Waals surface area contributed by atoms with E-state index in [2.05, 4.69) is 73.6 Å². The fourth-order valence-electron chi connectivity index (χ4n) is 4.09. The van der Waals surface area contributed by atoms with Gasteiger partial charge in [-0.05, 0) is 48.2 Å². The van der Waals surface area contributed by atoms with Crippen molar-refractivity contribution in [3.63, 3.8) is 0 Å². The Morgan fingerprint density at radius 3 is 2.52 bits per heavy atom. The molecule has 0 atom stereocenters. The van der Waals surface area contributed by atoms with Crippen molar-refractivity contribution in [3.8, 4) is 11.4 Å². The highest BCUT2D eigenvalue weighted by Crippen LogP contribution is 2.31. The van der Waals surface area contributed by atoms with Gasteiger partial charge in [-0.1, -0.05) is 19.9 Å². The predicted molar refractivity (Wildman–Crippen MR) is 114 cm³/mol. The molecule has 29 heavy (non-hydrogen) atoms. The van der Waals surface area contributed by atoms with Crippen LogP contribution in [0.5, 0.6) is 0 Å². The second-order valence-electron chi connectivity index (χ2n) is 8.35. The van der Waals surface area contributed by atoms with Gasteiger partial charge >= 0.3 is 0 Å². The second kappa shape index (κ2) is 8.32. The first-order chi connectivity index (χ1) is 14.0. The van der Waals surface area contributed by atoms with Crippen molar-refractivity contribution in [2.75, 3.05) is 31.1 Å². The van der Waals surface area contributed by atoms with Crippen LogP contribution < -0.4 is 4.90 Å². The number of hydrogen-bond donors (Lipinski definition) is 1. The summed E-state index contributed by atoms with van der Waals surface area (Å²) in [6.07, 6.45) is 1.07. The van der Waals surface area contributed by atoms with E-state index in [9.17, 15) is 0 Å². The van der Waals surface area contributed by atoms with Gasteiger partial charge in [0.2, 0.25) is 5.82 Å². The van der Waals surface area contributed by atoms with Crippen molar-refractivity contribution in [3.05, 3.63) is 41.2 Å². The van der Waals surface area contributed by atoms with Crippen molar-refractivity contribution in [2.45, 2.75) is 33.7 Å². The Morgan fingerprint density at radius 1 is 1.10 bits per heavy atom. The third kappa shape index (κ3) is 4.48. The van der Waals surface area contributed by atoms with E-state index in [1.165, 1.54) is 16.9 Å². The number of H-pyrrole nitrogens is 1. The highest BCUT2D eigenvalue weighted by atomic mass is 15.5. The van der Waals surface area contributed by atoms with E-state index >= 15 is 0 Å². The highest BCUT2D eigenvalue weighted by Gasteiger charge is 2.22. The number of rotatable bonds is 6. The summed E-state index contributed by atoms with van der Waals surface area (Å²) in [5.74, 6) is 1.28. The van der Waals surface area contributed by atoms with Crippen molar-refractivity contribution in [1.29, 1.82) is 0 Å². The van der Waals surface area contributed by atoms with E-state index in [-0.39, 0.29) is 0 Å². The van der Waals surface area contributed by atoms with Crippen LogP contribution in [0.2, 0.25) is 0 Å². The summed E-state index contributed by atoms with van der Waals surface area (Å²) in [6.45, 7) is 11.5. The number of benzene rings is 1. The number of tetrazole rings is 1. The van der Waals surface area contributed by atoms with Gasteiger partial charge in [-0.2, -0.15) is 10.3 Å². The molecule has 0 aliphatic carbocycles. The van der Waals surface area contributed by atoms with Gasteiger partial charge in [0.05, 0.1) is 11.4 Å². The number of anilines is 1. The Hall–Kier alpha value is -2.74. The van der Waals surface area contributed by atoms with Gasteiger partial charge in [0.25, 0.3) is 0 Å². The van der Waals surface area contributed by atoms with Crippen LogP contribution in [-0.4, -0.2) is 61.5 Å². The van der Waals surface area contributed by atoms with E-state index < -0.39 is 0 Å². The van der Waals surface area contributed by atoms with Crippen LogP contribution in [0.25, 0.3) is 11.4 Å². The maximum Gasteiger partial charge on any atom is 0.206 e. The summed E-state index contributed by atoms with van der Waals surface area (Å²) in [6, 6.07) is 8.82. The molecule has 0 saturated carbocycles. The molecule has 1 aromatic carbocycles. The van der Waals surface area contributed by atoms with Crippen LogP contribution >= 0.6 is 0 Å². The zero-order valence-electron chi connectivity index (χ0n) is 17.8. The minimum atomic E-state index is 0.623. The van der Waals surface area contributed by atoms with Gasteiger partial charge in [-0.15, -0.1) is 10.2 Å². The molecule has 1 N–H and O–H groups in total. The number of nitrogens with zero attached hydrogens (tertiary/aromatic N) is 7. The molecular weight excluding hydrogens is 364 g/mol. The smallest absolute Gasteiger partial charge is 0.206 e. The minimum Gasteiger partial charge on any atom is -0.368 e. The van der Waals surface area contributed by atoms with Crippen LogP contribution in [0.1, 0.15) is 30.8 Å². The molecule has 2 aromatic heterocycles. The first-order valence-electron chi connectivity index (χ1n) is 10.3. The Morgan fingerprint density at radius 2 is 1.90 bits per heavy atom. The number of aromatic amines is 1. The molecule has 0 spiro atoms. The number of aromatic nitrogens is 6. The molecule has 0 unspecified atom stereocenters. The summed E-state index contributed by atoms with van der Waals surface area (Å²) in [5.41, 5.74) is 5.95. The molecule has 1 aliphatic rings. The Kier molecular flexibility index (Phi) is 5.62. The van der Waals surface area contributed by atoms with Gasteiger partial charge < -0.3 is 4.90 Å². The molecule has 1 saturated heterocycles. The normalized spacial score (nSPS) is 15.4. The standard InChI is InChI=1S/C21H30N8/c1-15(2)11-17-5-6-19(21-22-25-26-23-21)20(13-17)29-9-7-28(8-10-29)14-18-12-16(3)24-27(18)4/h5-6,12-13,15H,7-11,14H2,1-4H3,(H,22,23,25,26). The first-order valence-corrected chi connectivity index (χ1v) is 10.3. The van der Waals surface area contributed by atoms with Gasteiger partial charge in [0.1, 0.15) is 0 Å². The molecule has 4 rings (SSSR count). The molecule has 8 heteroatoms. The van der Waals surface area contributed by atoms with Gasteiger partial charge in [0, 0.05) is 51.0 Å². The van der Waals surface area contributed by atoms with E-state index in [0.29, 0.717) is 11.7 Å². The Balaban J connectivity index is 1.51. The van der Waals surface area contributed by atoms with Crippen molar-refractivity contribution >= 4 is 5.69 Å². The summed E-state index contributed by atoms with van der Waals surface area (Å²) in [7, 11) is 2.02. The van der Waals surface area contributed by atoms with E-state index in [1.807, 2.05) is 18.7 Å². The van der Waals surface area contributed by atoms with Crippen LogP contribution in [0, 0.1) is 12.8 Å². The quantitative estimate of drug-likeness (QED) is 0.692. The molecule has 0 amide bonds. The van der Waals surface area contributed by atoms with Crippen molar-refractivity contribution in [2.24, 2.45) is 13.0 Å². The summed E-state index contributed by atoms with van der Waals surface area (Å²) in [4.78, 5) is 4.96. The van der Waals surface area contributed by atoms with Crippen LogP contribution in [-0.2, 0) is 20.0 Å². The number of nitrogens with one attached hydrogen (secondary N) is 1. The maximum atomic E-state index is 4.47. The molecule has 3 aromatic rings. The molecular formula is C21H30N8. The SMILES string of the molecule is Cc1cc(CN2CCN(c3cc(CC(C)C)ccc3-c3nn[nH]n3)CC2)n(C)n1. The third-order valence-corrected chi connectivity index (χ3v) is 5.49. The average Bonchev–Trinajstić information content (AvgIpc) is 3.32. The third-order valence-electron chi connectivity index (χ3n) is 5.49. The topological polar surface area (TPSA) is 78.8 Å². The van der Waals surface area contributed by atoms with E-state index in [0.717, 1.165) is 50.4 Å². The lowest BCUT2D eigenvalue weighted by Crippen LogP contribution is -2.46. The summed E-state index contributed by atoms with van der Waals surface area (Å²) >= 11 is 0. The molecule has 1 fully saturated rings. The van der Waals surface area contributed by atoms with Gasteiger partial charge in [0.15, 0.2) is 0 Å². The molecule has 154 valence electrons. The van der Waals surface area contributed by atoms with Crippen LogP contribution in [0.4, 0.5) is 5.69 Å². The summed E-state index contributed by atoms with van der Waals surface area (Å²) in [5, 5.41) is 19.2. The number of piperazine rings is 1. The fraction of sp³-hybridized carbons (Fsp3) is 0.524. The predicted octanol–water partition coefficient (Wildman–Crippen LogP) is 2.43. The van der Waals surface area contributed by atoms with Crippen LogP contribution in [0.15, 0.2) is 24.3 Å². The zero-order valence-corrected chi connectivity index (χ0v) is 17.8. The lowest BCUT2D eigenvalue weighted by atomic mass is 9.99. The van der Waals surface area contributed by atoms with Gasteiger partial charge in [-0.25, -0.2) is 0 Å². The van der Waals surface area contributed by atoms with E-state index in [4.69, 9.17) is 0 Å². The second-order valence-corrected chi connectivity index (χ2v) is 8.35. The van der Waals surface area contributed by atoms with Crippen molar-refractivity contribution < 1.29 is 0 Å². The lowest BCUT2D eigenvalue weighted by molar-refractivity contribution is 0.244. The summed E-state index contributed by atoms with van der Waals surface area (Å²) < 4.78 is 1.99. The number of hydrogen-bond acceptors (Lipinski definition) is 6. The molecule has 0 bridgehead atoms. The molecule has 8 nitrogen and oxygen atoms in total. The number of aryl methyl sites for hydroxylation is 2. The zero-order chi connectivity index (χ0) is 20.4. The first kappa shape index (κ1) is 19.6. The molecule has 1 aliphatic heterocycles.